The molecule has 182 valence electrons. The van der Waals surface area contributed by atoms with Gasteiger partial charge in [-0.25, -0.2) is 9.59 Å². The van der Waals surface area contributed by atoms with Gasteiger partial charge >= 0.3 is 18.0 Å². The molecule has 2 atom stereocenters. The summed E-state index contributed by atoms with van der Waals surface area (Å²) in [6, 6.07) is 13.9. The van der Waals surface area contributed by atoms with Gasteiger partial charge in [0.1, 0.15) is 24.3 Å². The van der Waals surface area contributed by atoms with Gasteiger partial charge in [-0.1, -0.05) is 48.5 Å². The summed E-state index contributed by atoms with van der Waals surface area (Å²) in [6.45, 7) is 5.33. The highest BCUT2D eigenvalue weighted by molar-refractivity contribution is 5.81. The van der Waals surface area contributed by atoms with Gasteiger partial charge in [-0.2, -0.15) is 0 Å². The monoisotopic (exact) mass is 468 g/mol. The Labute approximate surface area is 199 Å². The van der Waals surface area contributed by atoms with Crippen LogP contribution in [0.15, 0.2) is 48.5 Å². The summed E-state index contributed by atoms with van der Waals surface area (Å²) >= 11 is 0. The van der Waals surface area contributed by atoms with Gasteiger partial charge in [0.25, 0.3) is 0 Å². The summed E-state index contributed by atoms with van der Waals surface area (Å²) < 4.78 is 10.7. The minimum atomic E-state index is -1.18. The lowest BCUT2D eigenvalue weighted by atomic mass is 9.98. The van der Waals surface area contributed by atoms with Crippen molar-refractivity contribution < 1.29 is 29.0 Å². The van der Waals surface area contributed by atoms with Crippen molar-refractivity contribution in [3.8, 4) is 11.1 Å². The molecule has 0 spiro atoms. The van der Waals surface area contributed by atoms with Crippen LogP contribution in [0.2, 0.25) is 0 Å². The number of carbonyl (C=O) groups excluding carboxylic acids is 2. The Morgan fingerprint density at radius 3 is 2.09 bits per heavy atom. The molecule has 8 nitrogen and oxygen atoms in total. The number of hydrogen-bond donors (Lipinski definition) is 3. The lowest BCUT2D eigenvalue weighted by Crippen LogP contribution is -2.42. The molecular weight excluding hydrogens is 436 g/mol. The Morgan fingerprint density at radius 2 is 1.56 bits per heavy atom. The first kappa shape index (κ1) is 25.2. The first-order valence-electron chi connectivity index (χ1n) is 11.4. The molecule has 34 heavy (non-hydrogen) atoms. The normalized spacial score (nSPS) is 14.5. The van der Waals surface area contributed by atoms with Crippen molar-refractivity contribution in [1.29, 1.82) is 0 Å². The van der Waals surface area contributed by atoms with Gasteiger partial charge < -0.3 is 25.6 Å². The molecule has 0 aliphatic heterocycles. The molecule has 0 bridgehead atoms. The van der Waals surface area contributed by atoms with Crippen LogP contribution >= 0.6 is 0 Å². The first-order chi connectivity index (χ1) is 16.1. The number of carboxylic acids is 1. The van der Waals surface area contributed by atoms with Crippen LogP contribution in [0.3, 0.4) is 0 Å². The Kier molecular flexibility index (Phi) is 7.94. The van der Waals surface area contributed by atoms with E-state index in [4.69, 9.17) is 15.2 Å². The lowest BCUT2D eigenvalue weighted by molar-refractivity contribution is -0.156. The predicted molar refractivity (Wildman–Crippen MR) is 127 cm³/mol. The number of ether oxygens (including phenoxy) is 2. The third kappa shape index (κ3) is 6.35. The van der Waals surface area contributed by atoms with Gasteiger partial charge in [0.2, 0.25) is 0 Å². The van der Waals surface area contributed by atoms with Crippen LogP contribution in [0, 0.1) is 0 Å². The first-order valence-corrected chi connectivity index (χ1v) is 11.4. The van der Waals surface area contributed by atoms with Crippen molar-refractivity contribution >= 4 is 18.0 Å². The van der Waals surface area contributed by atoms with E-state index in [2.05, 4.69) is 5.32 Å². The van der Waals surface area contributed by atoms with Crippen LogP contribution < -0.4 is 11.1 Å². The second-order valence-corrected chi connectivity index (χ2v) is 9.43. The lowest BCUT2D eigenvalue weighted by Gasteiger charge is -2.22. The molecule has 8 heteroatoms. The summed E-state index contributed by atoms with van der Waals surface area (Å²) in [6.07, 6.45) is -0.132. The van der Waals surface area contributed by atoms with Crippen LogP contribution in [-0.2, 0) is 19.1 Å². The van der Waals surface area contributed by atoms with Crippen molar-refractivity contribution in [3.63, 3.8) is 0 Å². The Bertz CT molecular complexity index is 1000. The molecule has 0 radical (unpaired) electrons. The molecule has 0 heterocycles. The fourth-order valence-corrected chi connectivity index (χ4v) is 4.08. The molecule has 4 N–H and O–H groups in total. The van der Waals surface area contributed by atoms with Crippen LogP contribution in [0.25, 0.3) is 11.1 Å². The summed E-state index contributed by atoms with van der Waals surface area (Å²) in [7, 11) is 0. The second kappa shape index (κ2) is 10.7. The van der Waals surface area contributed by atoms with Gasteiger partial charge in [-0.15, -0.1) is 0 Å². The number of nitrogens with two attached hydrogens (primary N) is 1. The Balaban J connectivity index is 1.52. The van der Waals surface area contributed by atoms with E-state index in [1.807, 2.05) is 48.5 Å². The number of hydrogen-bond acceptors (Lipinski definition) is 6. The molecule has 0 aromatic heterocycles. The maximum absolute atomic E-state index is 12.4. The van der Waals surface area contributed by atoms with Crippen molar-refractivity contribution in [2.75, 3.05) is 6.61 Å². The minimum Gasteiger partial charge on any atom is -0.480 e. The minimum absolute atomic E-state index is 0.0930. The van der Waals surface area contributed by atoms with E-state index in [0.717, 1.165) is 22.3 Å². The molecular formula is C26H32N2O6. The van der Waals surface area contributed by atoms with Crippen LogP contribution in [-0.4, -0.2) is 47.4 Å². The molecule has 0 saturated heterocycles. The van der Waals surface area contributed by atoms with E-state index in [0.29, 0.717) is 6.42 Å². The number of amides is 1. The Hall–Kier alpha value is -3.39. The van der Waals surface area contributed by atoms with Crippen LogP contribution in [0.4, 0.5) is 4.79 Å². The zero-order valence-electron chi connectivity index (χ0n) is 19.7. The number of aliphatic carboxylic acids is 1. The van der Waals surface area contributed by atoms with E-state index < -0.39 is 35.7 Å². The summed E-state index contributed by atoms with van der Waals surface area (Å²) in [5.41, 5.74) is 9.56. The molecule has 1 aliphatic carbocycles. The molecule has 1 unspecified atom stereocenters. The average Bonchev–Trinajstić information content (AvgIpc) is 3.09. The standard InChI is InChI=1S/C26H32N2O6/c1-26(2,3)34-24(31)21(27)13-8-14-22(23(29)30)28-25(32)33-15-20-18-11-6-4-9-16(18)17-10-5-7-12-19(17)20/h4-7,9-12,20-22H,8,13-15,27H2,1-3H3,(H,28,32)(H,29,30)/t21?,22-/m0/s1. The van der Waals surface area contributed by atoms with Crippen molar-refractivity contribution in [2.24, 2.45) is 5.73 Å². The average molecular weight is 469 g/mol. The van der Waals surface area contributed by atoms with E-state index in [1.54, 1.807) is 20.8 Å². The van der Waals surface area contributed by atoms with Crippen LogP contribution in [0.5, 0.6) is 0 Å². The fourth-order valence-electron chi connectivity index (χ4n) is 4.08. The third-order valence-corrected chi connectivity index (χ3v) is 5.65. The fraction of sp³-hybridized carbons (Fsp3) is 0.423. The number of nitrogens with one attached hydrogen (secondary N) is 1. The molecule has 2 aromatic carbocycles. The van der Waals surface area contributed by atoms with Gasteiger partial charge in [0, 0.05) is 5.92 Å². The van der Waals surface area contributed by atoms with Gasteiger partial charge in [0.15, 0.2) is 0 Å². The quantitative estimate of drug-likeness (QED) is 0.477. The van der Waals surface area contributed by atoms with Crippen molar-refractivity contribution in [3.05, 3.63) is 59.7 Å². The van der Waals surface area contributed by atoms with Gasteiger partial charge in [0.05, 0.1) is 0 Å². The number of alkyl carbamates (subject to hydrolysis) is 1. The molecule has 0 fully saturated rings. The Morgan fingerprint density at radius 1 is 1.00 bits per heavy atom. The molecule has 1 amide bonds. The van der Waals surface area contributed by atoms with Gasteiger partial charge in [-0.3, -0.25) is 4.79 Å². The highest BCUT2D eigenvalue weighted by Crippen LogP contribution is 2.44. The number of fused-ring (bicyclic) bond motifs is 3. The predicted octanol–water partition coefficient (Wildman–Crippen LogP) is 3.82. The zero-order valence-corrected chi connectivity index (χ0v) is 19.7. The summed E-state index contributed by atoms with van der Waals surface area (Å²) in [5, 5.41) is 11.9. The summed E-state index contributed by atoms with van der Waals surface area (Å²) in [4.78, 5) is 36.0. The van der Waals surface area contributed by atoms with E-state index in [9.17, 15) is 19.5 Å². The van der Waals surface area contributed by atoms with Crippen molar-refractivity contribution in [1.82, 2.24) is 5.32 Å². The maximum Gasteiger partial charge on any atom is 0.407 e. The smallest absolute Gasteiger partial charge is 0.407 e. The van der Waals surface area contributed by atoms with Crippen LogP contribution in [0.1, 0.15) is 57.1 Å². The highest BCUT2D eigenvalue weighted by Gasteiger charge is 2.30. The van der Waals surface area contributed by atoms with E-state index in [1.165, 1.54) is 0 Å². The molecule has 2 aromatic rings. The van der Waals surface area contributed by atoms with Gasteiger partial charge in [-0.05, 0) is 62.3 Å². The molecule has 3 rings (SSSR count). The number of benzene rings is 2. The number of carboxylic acid groups (broad SMARTS) is 1. The summed E-state index contributed by atoms with van der Waals surface area (Å²) in [5.74, 6) is -1.84. The number of rotatable bonds is 9. The third-order valence-electron chi connectivity index (χ3n) is 5.65. The van der Waals surface area contributed by atoms with E-state index >= 15 is 0 Å². The maximum atomic E-state index is 12.4. The highest BCUT2D eigenvalue weighted by atomic mass is 16.6. The largest absolute Gasteiger partial charge is 0.480 e. The van der Waals surface area contributed by atoms with Crippen molar-refractivity contribution in [2.45, 2.75) is 63.6 Å². The van der Waals surface area contributed by atoms with E-state index in [-0.39, 0.29) is 25.4 Å². The topological polar surface area (TPSA) is 128 Å². The molecule has 0 saturated carbocycles. The zero-order chi connectivity index (χ0) is 24.9. The number of esters is 1. The SMILES string of the molecule is CC(C)(C)OC(=O)C(N)CCC[C@H](NC(=O)OCC1c2ccccc2-c2ccccc21)C(=O)O. The number of carbonyl (C=O) groups is 3. The second-order valence-electron chi connectivity index (χ2n) is 9.43. The molecule has 1 aliphatic rings.